The molecule has 252 valence electrons. The van der Waals surface area contributed by atoms with Crippen molar-refractivity contribution in [2.45, 2.75) is 127 Å². The van der Waals surface area contributed by atoms with Crippen molar-refractivity contribution < 1.29 is 50.0 Å². The van der Waals surface area contributed by atoms with Gasteiger partial charge in [-0.2, -0.15) is 0 Å². The summed E-state index contributed by atoms with van der Waals surface area (Å²) in [4.78, 5) is 0. The quantitative estimate of drug-likeness (QED) is 0.187. The molecule has 0 spiro atoms. The number of rotatable bonds is 9. The van der Waals surface area contributed by atoms with Crippen molar-refractivity contribution in [1.29, 1.82) is 0 Å². The first-order valence-corrected chi connectivity index (χ1v) is 16.6. The molecule has 0 radical (unpaired) electrons. The van der Waals surface area contributed by atoms with Gasteiger partial charge in [-0.1, -0.05) is 45.9 Å². The average molecular weight is 625 g/mol. The molecule has 1 heterocycles. The SMILES string of the molecule is C=C(CCC(C)C1C(O)C(O)C2C1(C)CCC1C3(C)CCC(OC4OCC(O)C(O)C4OC)C=C3C(O)CC12O)C(C)CO. The molecule has 1 saturated heterocycles. The Balaban J connectivity index is 1.37. The number of aliphatic hydroxyl groups excluding tert-OH is 6. The van der Waals surface area contributed by atoms with Gasteiger partial charge in [0.25, 0.3) is 0 Å². The molecular weight excluding hydrogens is 568 g/mol. The lowest BCUT2D eigenvalue weighted by Gasteiger charge is -2.64. The van der Waals surface area contributed by atoms with Gasteiger partial charge in [-0.25, -0.2) is 0 Å². The molecule has 0 bridgehead atoms. The van der Waals surface area contributed by atoms with Gasteiger partial charge in [-0.15, -0.1) is 0 Å². The molecule has 4 fully saturated rings. The van der Waals surface area contributed by atoms with Crippen LogP contribution >= 0.6 is 0 Å². The van der Waals surface area contributed by atoms with E-state index >= 15 is 0 Å². The maximum atomic E-state index is 12.6. The Labute approximate surface area is 261 Å². The van der Waals surface area contributed by atoms with Crippen LogP contribution in [0.15, 0.2) is 23.8 Å². The van der Waals surface area contributed by atoms with E-state index in [2.05, 4.69) is 27.4 Å². The summed E-state index contributed by atoms with van der Waals surface area (Å²) in [5, 5.41) is 77.3. The molecule has 0 aromatic heterocycles. The summed E-state index contributed by atoms with van der Waals surface area (Å²) in [6.45, 7) is 12.4. The number of hydrogen-bond acceptors (Lipinski definition) is 10. The van der Waals surface area contributed by atoms with Crippen molar-refractivity contribution in [1.82, 2.24) is 0 Å². The summed E-state index contributed by atoms with van der Waals surface area (Å²) in [6, 6.07) is 0. The number of methoxy groups -OCH3 is 1. The highest BCUT2D eigenvalue weighted by Gasteiger charge is 2.72. The fraction of sp³-hybridized carbons (Fsp3) is 0.882. The maximum absolute atomic E-state index is 12.6. The number of ether oxygens (including phenoxy) is 3. The summed E-state index contributed by atoms with van der Waals surface area (Å²) in [5.41, 5.74) is -0.648. The molecule has 0 aromatic rings. The van der Waals surface area contributed by atoms with Crippen molar-refractivity contribution in [2.75, 3.05) is 20.3 Å². The molecule has 44 heavy (non-hydrogen) atoms. The zero-order valence-corrected chi connectivity index (χ0v) is 27.0. The third-order valence-corrected chi connectivity index (χ3v) is 12.8. The lowest BCUT2D eigenvalue weighted by atomic mass is 9.43. The van der Waals surface area contributed by atoms with Crippen LogP contribution < -0.4 is 0 Å². The molecule has 16 atom stereocenters. The average Bonchev–Trinajstić information content (AvgIpc) is 3.18. The van der Waals surface area contributed by atoms with Crippen LogP contribution in [-0.4, -0.2) is 111 Å². The molecular formula is C34H56O10. The molecule has 0 amide bonds. The first kappa shape index (κ1) is 34.4. The third kappa shape index (κ3) is 5.45. The van der Waals surface area contributed by atoms with Gasteiger partial charge in [0.2, 0.25) is 0 Å². The van der Waals surface area contributed by atoms with Gasteiger partial charge < -0.3 is 50.0 Å². The second-order valence-electron chi connectivity index (χ2n) is 15.3. The predicted molar refractivity (Wildman–Crippen MR) is 162 cm³/mol. The van der Waals surface area contributed by atoms with Crippen LogP contribution in [0.4, 0.5) is 0 Å². The maximum Gasteiger partial charge on any atom is 0.187 e. The van der Waals surface area contributed by atoms with E-state index in [1.54, 1.807) is 0 Å². The Morgan fingerprint density at radius 3 is 2.43 bits per heavy atom. The van der Waals surface area contributed by atoms with Crippen LogP contribution in [0.3, 0.4) is 0 Å². The van der Waals surface area contributed by atoms with Crippen LogP contribution in [0.5, 0.6) is 0 Å². The fourth-order valence-corrected chi connectivity index (χ4v) is 10.4. The van der Waals surface area contributed by atoms with Crippen LogP contribution in [0.1, 0.15) is 72.6 Å². The second-order valence-corrected chi connectivity index (χ2v) is 15.3. The van der Waals surface area contributed by atoms with E-state index in [1.807, 2.05) is 13.0 Å². The highest BCUT2D eigenvalue weighted by atomic mass is 16.7. The summed E-state index contributed by atoms with van der Waals surface area (Å²) in [6.07, 6.45) is -1.27. The standard InChI is InChI=1S/C34H56O10/c1-17(19(3)15-35)7-8-18(2)25-27(39)28(40)30-33(25,5)12-10-24-32(4)11-9-20(13-21(32)22(36)14-34(24,30)41)44-31-29(42-6)26(38)23(37)16-43-31/h13,18-20,22-31,35-41H,1,7-12,14-16H2,2-6H3. The minimum atomic E-state index is -1.37. The minimum Gasteiger partial charge on any atom is -0.396 e. The lowest BCUT2D eigenvalue weighted by molar-refractivity contribution is -0.285. The summed E-state index contributed by atoms with van der Waals surface area (Å²) < 4.78 is 17.2. The Kier molecular flexibility index (Phi) is 9.85. The van der Waals surface area contributed by atoms with Crippen molar-refractivity contribution in [3.8, 4) is 0 Å². The van der Waals surface area contributed by atoms with Gasteiger partial charge in [0, 0.05) is 26.1 Å². The number of aliphatic hydroxyl groups is 7. The van der Waals surface area contributed by atoms with Crippen LogP contribution in [0.2, 0.25) is 0 Å². The Hall–Kier alpha value is -0.920. The van der Waals surface area contributed by atoms with E-state index in [4.69, 9.17) is 14.2 Å². The monoisotopic (exact) mass is 624 g/mol. The van der Waals surface area contributed by atoms with E-state index in [-0.39, 0.29) is 43.3 Å². The second kappa shape index (κ2) is 12.6. The van der Waals surface area contributed by atoms with E-state index in [1.165, 1.54) is 7.11 Å². The van der Waals surface area contributed by atoms with Crippen LogP contribution in [-0.2, 0) is 14.2 Å². The summed E-state index contributed by atoms with van der Waals surface area (Å²) in [5.74, 6) is -0.983. The highest BCUT2D eigenvalue weighted by molar-refractivity contribution is 5.33. The van der Waals surface area contributed by atoms with Gasteiger partial charge in [-0.3, -0.25) is 0 Å². The summed E-state index contributed by atoms with van der Waals surface area (Å²) >= 11 is 0. The molecule has 4 aliphatic carbocycles. The summed E-state index contributed by atoms with van der Waals surface area (Å²) in [7, 11) is 1.43. The molecule has 10 nitrogen and oxygen atoms in total. The van der Waals surface area contributed by atoms with Gasteiger partial charge in [0.1, 0.15) is 18.3 Å². The molecule has 0 aromatic carbocycles. The Morgan fingerprint density at radius 1 is 1.07 bits per heavy atom. The number of hydrogen-bond donors (Lipinski definition) is 7. The van der Waals surface area contributed by atoms with Crippen molar-refractivity contribution in [3.63, 3.8) is 0 Å². The van der Waals surface area contributed by atoms with Gasteiger partial charge in [0.05, 0.1) is 36.6 Å². The van der Waals surface area contributed by atoms with E-state index in [0.717, 1.165) is 30.4 Å². The molecule has 7 N–H and O–H groups in total. The van der Waals surface area contributed by atoms with Crippen LogP contribution in [0, 0.1) is 40.4 Å². The zero-order chi connectivity index (χ0) is 32.4. The van der Waals surface area contributed by atoms with E-state index in [9.17, 15) is 35.7 Å². The van der Waals surface area contributed by atoms with Gasteiger partial charge in [0.15, 0.2) is 6.29 Å². The molecule has 3 saturated carbocycles. The molecule has 1 aliphatic heterocycles. The third-order valence-electron chi connectivity index (χ3n) is 12.8. The smallest absolute Gasteiger partial charge is 0.187 e. The first-order valence-electron chi connectivity index (χ1n) is 16.6. The van der Waals surface area contributed by atoms with Crippen molar-refractivity contribution >= 4 is 0 Å². The first-order chi connectivity index (χ1) is 20.6. The van der Waals surface area contributed by atoms with E-state index < -0.39 is 71.4 Å². The lowest BCUT2D eigenvalue weighted by Crippen LogP contribution is -2.66. The Bertz CT molecular complexity index is 1080. The number of fused-ring (bicyclic) bond motifs is 5. The molecule has 5 rings (SSSR count). The zero-order valence-electron chi connectivity index (χ0n) is 27.0. The topological polar surface area (TPSA) is 169 Å². The van der Waals surface area contributed by atoms with Crippen molar-refractivity contribution in [2.24, 2.45) is 40.4 Å². The van der Waals surface area contributed by atoms with Crippen LogP contribution in [0.25, 0.3) is 0 Å². The van der Waals surface area contributed by atoms with Gasteiger partial charge >= 0.3 is 0 Å². The largest absolute Gasteiger partial charge is 0.396 e. The van der Waals surface area contributed by atoms with Gasteiger partial charge in [-0.05, 0) is 78.6 Å². The molecule has 16 unspecified atom stereocenters. The minimum absolute atomic E-state index is 0.00378. The normalized spacial score (nSPS) is 50.2. The predicted octanol–water partition coefficient (Wildman–Crippen LogP) is 1.67. The Morgan fingerprint density at radius 2 is 1.77 bits per heavy atom. The molecule has 5 aliphatic rings. The highest BCUT2D eigenvalue weighted by Crippen LogP contribution is 2.69. The van der Waals surface area contributed by atoms with Crippen molar-refractivity contribution in [3.05, 3.63) is 23.8 Å². The molecule has 10 heteroatoms. The van der Waals surface area contributed by atoms with E-state index in [0.29, 0.717) is 19.3 Å². The fourth-order valence-electron chi connectivity index (χ4n) is 10.4.